The molecule has 0 aliphatic carbocycles. The zero-order chi connectivity index (χ0) is 15.4. The Morgan fingerprint density at radius 3 is 2.62 bits per heavy atom. The first-order chi connectivity index (χ1) is 9.97. The number of aliphatic hydroxyl groups is 1. The summed E-state index contributed by atoms with van der Waals surface area (Å²) in [5, 5.41) is 23.4. The lowest BCUT2D eigenvalue weighted by molar-refractivity contribution is -0.383. The van der Waals surface area contributed by atoms with E-state index in [4.69, 9.17) is 0 Å². The average molecular weight is 294 g/mol. The summed E-state index contributed by atoms with van der Waals surface area (Å²) in [6.45, 7) is 5.70. The zero-order valence-corrected chi connectivity index (χ0v) is 12.5. The van der Waals surface area contributed by atoms with Gasteiger partial charge in [0.1, 0.15) is 5.69 Å². The fraction of sp³-hybridized carbons (Fsp3) is 0.571. The Morgan fingerprint density at radius 2 is 2.05 bits per heavy atom. The molecule has 2 N–H and O–H groups in total. The molecule has 1 atom stereocenters. The Labute approximate surface area is 124 Å². The fourth-order valence-corrected chi connectivity index (χ4v) is 2.34. The number of nitro groups is 1. The number of likely N-dealkylation sites (N-methyl/N-ethyl adjacent to an activating group) is 1. The number of nitrogens with one attached hydrogen (secondary N) is 1. The van der Waals surface area contributed by atoms with Crippen LogP contribution in [-0.4, -0.2) is 60.8 Å². The lowest BCUT2D eigenvalue weighted by Crippen LogP contribution is -2.44. The van der Waals surface area contributed by atoms with Crippen LogP contribution in [0.25, 0.3) is 0 Å². The Morgan fingerprint density at radius 1 is 1.38 bits per heavy atom. The standard InChI is InChI=1S/C14H22N4O3/c1-11(19)10-15-13-9-12(3-4-14(13)18(20)21)17-7-5-16(2)6-8-17/h3-4,9,11,15,19H,5-8,10H2,1-2H3/t11-/m0/s1. The topological polar surface area (TPSA) is 81.9 Å². The summed E-state index contributed by atoms with van der Waals surface area (Å²) >= 11 is 0. The molecular weight excluding hydrogens is 272 g/mol. The molecule has 1 aromatic carbocycles. The van der Waals surface area contributed by atoms with E-state index in [-0.39, 0.29) is 12.2 Å². The number of hydrogen-bond acceptors (Lipinski definition) is 6. The van der Waals surface area contributed by atoms with E-state index >= 15 is 0 Å². The number of nitrogens with zero attached hydrogens (tertiary/aromatic N) is 3. The molecule has 1 aromatic rings. The van der Waals surface area contributed by atoms with Gasteiger partial charge in [0.2, 0.25) is 0 Å². The molecule has 116 valence electrons. The number of piperazine rings is 1. The average Bonchev–Trinajstić information content (AvgIpc) is 2.45. The lowest BCUT2D eigenvalue weighted by Gasteiger charge is -2.34. The van der Waals surface area contributed by atoms with Gasteiger partial charge in [-0.3, -0.25) is 10.1 Å². The van der Waals surface area contributed by atoms with Crippen molar-refractivity contribution in [2.45, 2.75) is 13.0 Å². The molecule has 1 aliphatic heterocycles. The highest BCUT2D eigenvalue weighted by atomic mass is 16.6. The van der Waals surface area contributed by atoms with Crippen molar-refractivity contribution in [2.75, 3.05) is 50.0 Å². The molecule has 2 rings (SSSR count). The second-order valence-electron chi connectivity index (χ2n) is 5.48. The molecular formula is C14H22N4O3. The van der Waals surface area contributed by atoms with E-state index < -0.39 is 11.0 Å². The molecule has 0 spiro atoms. The van der Waals surface area contributed by atoms with Crippen LogP contribution in [0.1, 0.15) is 6.92 Å². The van der Waals surface area contributed by atoms with E-state index in [1.165, 1.54) is 6.07 Å². The predicted molar refractivity (Wildman–Crippen MR) is 83.0 cm³/mol. The molecule has 1 heterocycles. The summed E-state index contributed by atoms with van der Waals surface area (Å²) in [5.74, 6) is 0. The van der Waals surface area contributed by atoms with Crippen LogP contribution in [0.5, 0.6) is 0 Å². The Balaban J connectivity index is 2.19. The van der Waals surface area contributed by atoms with Crippen molar-refractivity contribution >= 4 is 17.1 Å². The van der Waals surface area contributed by atoms with Gasteiger partial charge in [0, 0.05) is 44.5 Å². The first-order valence-corrected chi connectivity index (χ1v) is 7.11. The summed E-state index contributed by atoms with van der Waals surface area (Å²) in [6.07, 6.45) is -0.558. The van der Waals surface area contributed by atoms with Crippen LogP contribution in [0, 0.1) is 10.1 Å². The minimum absolute atomic E-state index is 0.0357. The van der Waals surface area contributed by atoms with E-state index in [1.54, 1.807) is 19.1 Å². The largest absolute Gasteiger partial charge is 0.392 e. The highest BCUT2D eigenvalue weighted by Crippen LogP contribution is 2.30. The number of anilines is 2. The first kappa shape index (κ1) is 15.5. The van der Waals surface area contributed by atoms with Gasteiger partial charge in [-0.15, -0.1) is 0 Å². The van der Waals surface area contributed by atoms with Gasteiger partial charge in [0.05, 0.1) is 11.0 Å². The van der Waals surface area contributed by atoms with E-state index in [1.807, 2.05) is 0 Å². The van der Waals surface area contributed by atoms with Crippen LogP contribution in [0.2, 0.25) is 0 Å². The molecule has 0 bridgehead atoms. The number of hydrogen-bond donors (Lipinski definition) is 2. The molecule has 0 radical (unpaired) electrons. The van der Waals surface area contributed by atoms with Crippen molar-refractivity contribution in [3.05, 3.63) is 28.3 Å². The van der Waals surface area contributed by atoms with Gasteiger partial charge >= 0.3 is 0 Å². The predicted octanol–water partition coefficient (Wildman–Crippen LogP) is 1.14. The van der Waals surface area contributed by atoms with Crippen molar-refractivity contribution < 1.29 is 10.0 Å². The van der Waals surface area contributed by atoms with Crippen LogP contribution in [0.15, 0.2) is 18.2 Å². The van der Waals surface area contributed by atoms with E-state index in [0.29, 0.717) is 5.69 Å². The van der Waals surface area contributed by atoms with Crippen LogP contribution >= 0.6 is 0 Å². The van der Waals surface area contributed by atoms with Crippen LogP contribution in [0.3, 0.4) is 0 Å². The third kappa shape index (κ3) is 4.05. The monoisotopic (exact) mass is 294 g/mol. The maximum Gasteiger partial charge on any atom is 0.292 e. The van der Waals surface area contributed by atoms with Crippen molar-refractivity contribution in [1.29, 1.82) is 0 Å². The maximum atomic E-state index is 11.1. The quantitative estimate of drug-likeness (QED) is 0.626. The molecule has 1 fully saturated rings. The highest BCUT2D eigenvalue weighted by molar-refractivity contribution is 5.69. The molecule has 1 aliphatic rings. The smallest absolute Gasteiger partial charge is 0.292 e. The summed E-state index contributed by atoms with van der Waals surface area (Å²) in [7, 11) is 2.09. The third-order valence-electron chi connectivity index (χ3n) is 3.63. The summed E-state index contributed by atoms with van der Waals surface area (Å²) in [5.41, 5.74) is 1.47. The van der Waals surface area contributed by atoms with Crippen LogP contribution in [0.4, 0.5) is 17.1 Å². The van der Waals surface area contributed by atoms with Crippen molar-refractivity contribution in [1.82, 2.24) is 4.90 Å². The number of aliphatic hydroxyl groups excluding tert-OH is 1. The fourth-order valence-electron chi connectivity index (χ4n) is 2.34. The summed E-state index contributed by atoms with van der Waals surface area (Å²) < 4.78 is 0. The molecule has 7 nitrogen and oxygen atoms in total. The Bertz CT molecular complexity index is 499. The maximum absolute atomic E-state index is 11.1. The molecule has 0 aromatic heterocycles. The molecule has 1 saturated heterocycles. The van der Waals surface area contributed by atoms with Crippen molar-refractivity contribution in [3.63, 3.8) is 0 Å². The molecule has 0 amide bonds. The van der Waals surface area contributed by atoms with E-state index in [2.05, 4.69) is 22.2 Å². The Kier molecular flexibility index (Phi) is 4.98. The van der Waals surface area contributed by atoms with Crippen molar-refractivity contribution in [3.8, 4) is 0 Å². The van der Waals surface area contributed by atoms with Crippen molar-refractivity contribution in [2.24, 2.45) is 0 Å². The second-order valence-corrected chi connectivity index (χ2v) is 5.48. The van der Waals surface area contributed by atoms with Crippen LogP contribution < -0.4 is 10.2 Å². The van der Waals surface area contributed by atoms with Gasteiger partial charge in [-0.2, -0.15) is 0 Å². The zero-order valence-electron chi connectivity index (χ0n) is 12.5. The van der Waals surface area contributed by atoms with Gasteiger partial charge in [-0.05, 0) is 26.1 Å². The minimum atomic E-state index is -0.558. The van der Waals surface area contributed by atoms with Gasteiger partial charge in [0.15, 0.2) is 0 Å². The van der Waals surface area contributed by atoms with Gasteiger partial charge in [-0.25, -0.2) is 0 Å². The normalized spacial score (nSPS) is 17.6. The molecule has 21 heavy (non-hydrogen) atoms. The Hall–Kier alpha value is -1.86. The minimum Gasteiger partial charge on any atom is -0.392 e. The second kappa shape index (κ2) is 6.73. The molecule has 0 unspecified atom stereocenters. The highest BCUT2D eigenvalue weighted by Gasteiger charge is 2.19. The number of nitro benzene ring substituents is 1. The van der Waals surface area contributed by atoms with E-state index in [0.717, 1.165) is 31.9 Å². The SMILES string of the molecule is C[C@H](O)CNc1cc(N2CCN(C)CC2)ccc1[N+](=O)[O-]. The lowest BCUT2D eigenvalue weighted by atomic mass is 10.2. The molecule has 0 saturated carbocycles. The van der Waals surface area contributed by atoms with E-state index in [9.17, 15) is 15.2 Å². The van der Waals surface area contributed by atoms with Gasteiger partial charge in [0.25, 0.3) is 5.69 Å². The summed E-state index contributed by atoms with van der Waals surface area (Å²) in [6, 6.07) is 5.11. The summed E-state index contributed by atoms with van der Waals surface area (Å²) in [4.78, 5) is 15.2. The van der Waals surface area contributed by atoms with Gasteiger partial charge < -0.3 is 20.2 Å². The third-order valence-corrected chi connectivity index (χ3v) is 3.63. The van der Waals surface area contributed by atoms with Gasteiger partial charge in [-0.1, -0.05) is 0 Å². The first-order valence-electron chi connectivity index (χ1n) is 7.11. The number of rotatable bonds is 5. The van der Waals surface area contributed by atoms with Crippen LogP contribution in [-0.2, 0) is 0 Å². The number of benzene rings is 1. The molecule has 7 heteroatoms.